The summed E-state index contributed by atoms with van der Waals surface area (Å²) in [6.07, 6.45) is 2.60. The highest BCUT2D eigenvalue weighted by atomic mass is 19.1. The van der Waals surface area contributed by atoms with Crippen LogP contribution in [0.3, 0.4) is 0 Å². The highest BCUT2D eigenvalue weighted by molar-refractivity contribution is 5.87. The second kappa shape index (κ2) is 4.06. The number of aromatic nitrogens is 2. The van der Waals surface area contributed by atoms with Gasteiger partial charge in [-0.2, -0.15) is 4.39 Å². The lowest BCUT2D eigenvalue weighted by Gasteiger charge is -2.00. The fourth-order valence-corrected chi connectivity index (χ4v) is 1.22. The lowest BCUT2D eigenvalue weighted by molar-refractivity contribution is 0.0696. The molecule has 0 atom stereocenters. The van der Waals surface area contributed by atoms with Crippen molar-refractivity contribution in [1.29, 1.82) is 0 Å². The van der Waals surface area contributed by atoms with Gasteiger partial charge in [-0.15, -0.1) is 0 Å². The molecule has 16 heavy (non-hydrogen) atoms. The highest BCUT2D eigenvalue weighted by Gasteiger charge is 2.04. The Hall–Kier alpha value is -2.30. The summed E-state index contributed by atoms with van der Waals surface area (Å²) in [7, 11) is 0. The van der Waals surface area contributed by atoms with E-state index in [1.807, 2.05) is 0 Å². The number of carboxylic acids is 1. The minimum atomic E-state index is -1.03. The van der Waals surface area contributed by atoms with Crippen molar-refractivity contribution >= 4 is 5.97 Å². The molecular weight excluding hydrogens is 211 g/mol. The first-order chi connectivity index (χ1) is 7.66. The van der Waals surface area contributed by atoms with Crippen molar-refractivity contribution in [2.75, 3.05) is 0 Å². The molecule has 0 unspecified atom stereocenters. The van der Waals surface area contributed by atoms with Gasteiger partial charge in [-0.25, -0.2) is 9.78 Å². The van der Waals surface area contributed by atoms with Gasteiger partial charge in [0.25, 0.3) is 0 Å². The molecule has 80 valence electrons. The SMILES string of the molecule is O=C(O)c1ccc(-c2ccc(F)nc2)nc1. The van der Waals surface area contributed by atoms with E-state index < -0.39 is 11.9 Å². The number of pyridine rings is 2. The summed E-state index contributed by atoms with van der Waals surface area (Å²) in [5, 5.41) is 8.68. The molecule has 2 heterocycles. The highest BCUT2D eigenvalue weighted by Crippen LogP contribution is 2.15. The molecule has 0 fully saturated rings. The molecule has 4 nitrogen and oxygen atoms in total. The maximum atomic E-state index is 12.6. The summed E-state index contributed by atoms with van der Waals surface area (Å²) < 4.78 is 12.6. The Balaban J connectivity index is 2.34. The zero-order valence-electron chi connectivity index (χ0n) is 8.09. The zero-order valence-corrected chi connectivity index (χ0v) is 8.09. The van der Waals surface area contributed by atoms with Crippen LogP contribution in [0.5, 0.6) is 0 Å². The van der Waals surface area contributed by atoms with Crippen LogP contribution in [-0.4, -0.2) is 21.0 Å². The molecule has 0 aliphatic rings. The monoisotopic (exact) mass is 218 g/mol. The summed E-state index contributed by atoms with van der Waals surface area (Å²) in [4.78, 5) is 18.0. The summed E-state index contributed by atoms with van der Waals surface area (Å²) in [6, 6.07) is 5.75. The van der Waals surface area contributed by atoms with Gasteiger partial charge in [-0.05, 0) is 24.3 Å². The number of hydrogen-bond donors (Lipinski definition) is 1. The molecule has 0 aliphatic carbocycles. The fourth-order valence-electron chi connectivity index (χ4n) is 1.22. The van der Waals surface area contributed by atoms with Crippen LogP contribution < -0.4 is 0 Å². The van der Waals surface area contributed by atoms with Crippen LogP contribution in [0, 0.1) is 5.95 Å². The van der Waals surface area contributed by atoms with Gasteiger partial charge >= 0.3 is 5.97 Å². The van der Waals surface area contributed by atoms with E-state index in [4.69, 9.17) is 5.11 Å². The maximum Gasteiger partial charge on any atom is 0.337 e. The molecule has 0 bridgehead atoms. The molecule has 0 aliphatic heterocycles. The predicted molar refractivity (Wildman–Crippen MR) is 54.4 cm³/mol. The Morgan fingerprint density at radius 1 is 1.12 bits per heavy atom. The number of hydrogen-bond acceptors (Lipinski definition) is 3. The Bertz CT molecular complexity index is 509. The van der Waals surface area contributed by atoms with E-state index in [9.17, 15) is 9.18 Å². The van der Waals surface area contributed by atoms with Crippen molar-refractivity contribution < 1.29 is 14.3 Å². The number of carbonyl (C=O) groups is 1. The summed E-state index contributed by atoms with van der Waals surface area (Å²) >= 11 is 0. The van der Waals surface area contributed by atoms with E-state index in [1.54, 1.807) is 6.07 Å². The standard InChI is InChI=1S/C11H7FN2O2/c12-10-4-2-7(5-14-10)9-3-1-8(6-13-9)11(15)16/h1-6H,(H,15,16). The summed E-state index contributed by atoms with van der Waals surface area (Å²) in [6.45, 7) is 0. The molecule has 0 saturated heterocycles. The first-order valence-electron chi connectivity index (χ1n) is 4.48. The second-order valence-electron chi connectivity index (χ2n) is 3.11. The maximum absolute atomic E-state index is 12.6. The topological polar surface area (TPSA) is 63.1 Å². The van der Waals surface area contributed by atoms with Gasteiger partial charge in [0.2, 0.25) is 5.95 Å². The fraction of sp³-hybridized carbons (Fsp3) is 0. The van der Waals surface area contributed by atoms with Crippen LogP contribution >= 0.6 is 0 Å². The first kappa shape index (κ1) is 10.2. The van der Waals surface area contributed by atoms with Crippen LogP contribution in [0.2, 0.25) is 0 Å². The molecular formula is C11H7FN2O2. The van der Waals surface area contributed by atoms with E-state index in [1.165, 1.54) is 30.6 Å². The number of nitrogens with zero attached hydrogens (tertiary/aromatic N) is 2. The molecule has 0 amide bonds. The van der Waals surface area contributed by atoms with Gasteiger partial charge in [-0.1, -0.05) is 0 Å². The van der Waals surface area contributed by atoms with E-state index in [2.05, 4.69) is 9.97 Å². The molecule has 5 heteroatoms. The van der Waals surface area contributed by atoms with Crippen molar-refractivity contribution in [3.63, 3.8) is 0 Å². The van der Waals surface area contributed by atoms with Crippen molar-refractivity contribution in [2.45, 2.75) is 0 Å². The molecule has 2 rings (SSSR count). The average molecular weight is 218 g/mol. The lowest BCUT2D eigenvalue weighted by Crippen LogP contribution is -1.97. The molecule has 0 aromatic carbocycles. The van der Waals surface area contributed by atoms with Crippen LogP contribution in [0.25, 0.3) is 11.3 Å². The third-order valence-electron chi connectivity index (χ3n) is 2.03. The Kier molecular flexibility index (Phi) is 2.59. The van der Waals surface area contributed by atoms with E-state index >= 15 is 0 Å². The largest absolute Gasteiger partial charge is 0.478 e. The molecule has 0 saturated carbocycles. The molecule has 0 radical (unpaired) electrons. The quantitative estimate of drug-likeness (QED) is 0.783. The van der Waals surface area contributed by atoms with Crippen LogP contribution in [0.15, 0.2) is 36.7 Å². The smallest absolute Gasteiger partial charge is 0.337 e. The normalized spacial score (nSPS) is 10.1. The Morgan fingerprint density at radius 2 is 1.94 bits per heavy atom. The molecule has 1 N–H and O–H groups in total. The van der Waals surface area contributed by atoms with Crippen LogP contribution in [0.1, 0.15) is 10.4 Å². The third-order valence-corrected chi connectivity index (χ3v) is 2.03. The number of halogens is 1. The average Bonchev–Trinajstić information content (AvgIpc) is 2.30. The van der Waals surface area contributed by atoms with Gasteiger partial charge in [0.15, 0.2) is 0 Å². The zero-order chi connectivity index (χ0) is 11.5. The summed E-state index contributed by atoms with van der Waals surface area (Å²) in [5.74, 6) is -1.60. The minimum Gasteiger partial charge on any atom is -0.478 e. The van der Waals surface area contributed by atoms with Crippen molar-refractivity contribution in [1.82, 2.24) is 9.97 Å². The number of rotatable bonds is 2. The molecule has 2 aromatic rings. The van der Waals surface area contributed by atoms with Crippen molar-refractivity contribution in [2.24, 2.45) is 0 Å². The number of carboxylic acid groups (broad SMARTS) is 1. The first-order valence-corrected chi connectivity index (χ1v) is 4.48. The van der Waals surface area contributed by atoms with Gasteiger partial charge in [0.05, 0.1) is 11.3 Å². The molecule has 0 spiro atoms. The lowest BCUT2D eigenvalue weighted by atomic mass is 10.1. The predicted octanol–water partition coefficient (Wildman–Crippen LogP) is 1.98. The van der Waals surface area contributed by atoms with E-state index in [0.717, 1.165) is 0 Å². The number of aromatic carboxylic acids is 1. The third kappa shape index (κ3) is 2.03. The van der Waals surface area contributed by atoms with Gasteiger partial charge in [0, 0.05) is 18.0 Å². The molecule has 2 aromatic heterocycles. The van der Waals surface area contributed by atoms with E-state index in [0.29, 0.717) is 11.3 Å². The van der Waals surface area contributed by atoms with Gasteiger partial charge in [0.1, 0.15) is 0 Å². The summed E-state index contributed by atoms with van der Waals surface area (Å²) in [5.41, 5.74) is 1.30. The Morgan fingerprint density at radius 3 is 2.44 bits per heavy atom. The van der Waals surface area contributed by atoms with Crippen LogP contribution in [-0.2, 0) is 0 Å². The second-order valence-corrected chi connectivity index (χ2v) is 3.11. The van der Waals surface area contributed by atoms with E-state index in [-0.39, 0.29) is 5.56 Å². The van der Waals surface area contributed by atoms with Crippen molar-refractivity contribution in [3.8, 4) is 11.3 Å². The minimum absolute atomic E-state index is 0.110. The van der Waals surface area contributed by atoms with Crippen LogP contribution in [0.4, 0.5) is 4.39 Å². The van der Waals surface area contributed by atoms with Gasteiger partial charge in [-0.3, -0.25) is 4.98 Å². The van der Waals surface area contributed by atoms with Gasteiger partial charge < -0.3 is 5.11 Å². The van der Waals surface area contributed by atoms with Crippen molar-refractivity contribution in [3.05, 3.63) is 48.2 Å². The Labute approximate surface area is 90.4 Å².